The highest BCUT2D eigenvalue weighted by molar-refractivity contribution is 7.84. The van der Waals surface area contributed by atoms with E-state index < -0.39 is 22.5 Å². The van der Waals surface area contributed by atoms with Gasteiger partial charge in [0.2, 0.25) is 0 Å². The van der Waals surface area contributed by atoms with Gasteiger partial charge in [0.05, 0.1) is 22.1 Å². The van der Waals surface area contributed by atoms with Gasteiger partial charge in [-0.2, -0.15) is 18.3 Å². The monoisotopic (exact) mass is 331 g/mol. The summed E-state index contributed by atoms with van der Waals surface area (Å²) >= 11 is 0. The van der Waals surface area contributed by atoms with Gasteiger partial charge < -0.3 is 0 Å². The molecule has 0 aliphatic heterocycles. The first-order chi connectivity index (χ1) is 10.3. The third-order valence-corrected chi connectivity index (χ3v) is 4.22. The summed E-state index contributed by atoms with van der Waals surface area (Å²) < 4.78 is 52.0. The lowest BCUT2D eigenvalue weighted by Crippen LogP contribution is -2.12. The first-order valence-electron chi connectivity index (χ1n) is 6.69. The highest BCUT2D eigenvalue weighted by Gasteiger charge is 2.30. The van der Waals surface area contributed by atoms with Crippen molar-refractivity contribution >= 4 is 10.8 Å². The van der Waals surface area contributed by atoms with E-state index in [-0.39, 0.29) is 10.6 Å². The van der Waals surface area contributed by atoms with Crippen LogP contribution in [-0.2, 0) is 29.3 Å². The van der Waals surface area contributed by atoms with Crippen LogP contribution in [0.5, 0.6) is 0 Å². The molecule has 1 aromatic carbocycles. The fourth-order valence-corrected chi connectivity index (χ4v) is 3.03. The number of alkyl halides is 3. The van der Waals surface area contributed by atoms with E-state index >= 15 is 0 Å². The van der Waals surface area contributed by atoms with Crippen LogP contribution in [0.4, 0.5) is 13.2 Å². The summed E-state index contributed by atoms with van der Waals surface area (Å²) in [4.78, 5) is 4.18. The van der Waals surface area contributed by atoms with E-state index in [2.05, 4.69) is 10.1 Å². The second-order valence-corrected chi connectivity index (χ2v) is 6.72. The van der Waals surface area contributed by atoms with E-state index in [0.29, 0.717) is 18.3 Å². The molecule has 0 radical (unpaired) electrons. The van der Waals surface area contributed by atoms with Crippen LogP contribution in [0.1, 0.15) is 25.2 Å². The van der Waals surface area contributed by atoms with Gasteiger partial charge in [0.1, 0.15) is 12.2 Å². The molecule has 8 heteroatoms. The Hall–Kier alpha value is -1.70. The zero-order valence-electron chi connectivity index (χ0n) is 12.2. The highest BCUT2D eigenvalue weighted by atomic mass is 32.2. The number of benzene rings is 1. The molecule has 1 atom stereocenters. The van der Waals surface area contributed by atoms with Gasteiger partial charge in [0.15, 0.2) is 0 Å². The van der Waals surface area contributed by atoms with Crippen LogP contribution in [0.25, 0.3) is 0 Å². The molecular formula is C14H16F3N3OS. The van der Waals surface area contributed by atoms with Crippen molar-refractivity contribution in [2.24, 2.45) is 5.92 Å². The van der Waals surface area contributed by atoms with E-state index in [4.69, 9.17) is 0 Å². The minimum atomic E-state index is -4.45. The van der Waals surface area contributed by atoms with Crippen LogP contribution in [-0.4, -0.2) is 19.0 Å². The standard InChI is InChI=1S/C14H16F3N3OS/c1-10(2)7-20-13(18-9-19-20)8-22(21)12-5-3-4-11(6-12)14(15,16)17/h3-6,9-10H,7-8H2,1-2H3/t22-/m0/s1. The van der Waals surface area contributed by atoms with Crippen LogP contribution in [0.15, 0.2) is 35.5 Å². The molecule has 0 saturated carbocycles. The average Bonchev–Trinajstić information content (AvgIpc) is 2.84. The van der Waals surface area contributed by atoms with Gasteiger partial charge in [-0.3, -0.25) is 4.21 Å². The molecule has 0 bridgehead atoms. The number of hydrogen-bond donors (Lipinski definition) is 0. The van der Waals surface area contributed by atoms with Gasteiger partial charge in [-0.15, -0.1) is 0 Å². The van der Waals surface area contributed by atoms with Crippen molar-refractivity contribution in [1.29, 1.82) is 0 Å². The van der Waals surface area contributed by atoms with Crippen molar-refractivity contribution in [2.75, 3.05) is 0 Å². The second kappa shape index (κ2) is 6.60. The summed E-state index contributed by atoms with van der Waals surface area (Å²) in [6.45, 7) is 4.64. The zero-order chi connectivity index (χ0) is 16.3. The molecule has 0 aliphatic rings. The maximum Gasteiger partial charge on any atom is 0.416 e. The Balaban J connectivity index is 2.18. The van der Waals surface area contributed by atoms with Gasteiger partial charge in [-0.25, -0.2) is 9.67 Å². The van der Waals surface area contributed by atoms with Gasteiger partial charge in [0.25, 0.3) is 0 Å². The SMILES string of the molecule is CC(C)Cn1ncnc1C[S@](=O)c1cccc(C(F)(F)F)c1. The summed E-state index contributed by atoms with van der Waals surface area (Å²) in [6, 6.07) is 4.56. The highest BCUT2D eigenvalue weighted by Crippen LogP contribution is 2.30. The van der Waals surface area contributed by atoms with Crippen molar-refractivity contribution in [3.8, 4) is 0 Å². The molecule has 0 unspecified atom stereocenters. The molecule has 2 rings (SSSR count). The van der Waals surface area contributed by atoms with E-state index in [1.807, 2.05) is 13.8 Å². The lowest BCUT2D eigenvalue weighted by atomic mass is 10.2. The number of hydrogen-bond acceptors (Lipinski definition) is 3. The average molecular weight is 331 g/mol. The Bertz CT molecular complexity index is 667. The third-order valence-electron chi connectivity index (χ3n) is 2.92. The molecule has 1 heterocycles. The molecular weight excluding hydrogens is 315 g/mol. The van der Waals surface area contributed by atoms with Crippen LogP contribution in [0.2, 0.25) is 0 Å². The summed E-state index contributed by atoms with van der Waals surface area (Å²) in [5.41, 5.74) is -0.804. The van der Waals surface area contributed by atoms with Gasteiger partial charge in [-0.1, -0.05) is 19.9 Å². The Labute approximate surface area is 128 Å². The van der Waals surface area contributed by atoms with Crippen molar-refractivity contribution in [1.82, 2.24) is 14.8 Å². The number of nitrogens with zero attached hydrogens (tertiary/aromatic N) is 3. The molecule has 22 heavy (non-hydrogen) atoms. The fourth-order valence-electron chi connectivity index (χ4n) is 1.91. The van der Waals surface area contributed by atoms with E-state index in [9.17, 15) is 17.4 Å². The van der Waals surface area contributed by atoms with E-state index in [1.54, 1.807) is 4.68 Å². The van der Waals surface area contributed by atoms with Crippen LogP contribution >= 0.6 is 0 Å². The topological polar surface area (TPSA) is 47.8 Å². The van der Waals surface area contributed by atoms with Crippen LogP contribution < -0.4 is 0 Å². The predicted molar refractivity (Wildman–Crippen MR) is 76.4 cm³/mol. The Morgan fingerprint density at radius 2 is 2.05 bits per heavy atom. The Morgan fingerprint density at radius 3 is 2.68 bits per heavy atom. The first-order valence-corrected chi connectivity index (χ1v) is 8.01. The minimum absolute atomic E-state index is 0.0357. The van der Waals surface area contributed by atoms with Crippen molar-refractivity contribution in [2.45, 2.75) is 37.2 Å². The molecule has 0 aliphatic carbocycles. The van der Waals surface area contributed by atoms with Crippen molar-refractivity contribution < 1.29 is 17.4 Å². The van der Waals surface area contributed by atoms with Gasteiger partial charge in [0, 0.05) is 11.4 Å². The molecule has 0 saturated heterocycles. The molecule has 0 fully saturated rings. The third kappa shape index (κ3) is 4.16. The molecule has 0 amide bonds. The molecule has 0 spiro atoms. The maximum absolute atomic E-state index is 12.7. The Morgan fingerprint density at radius 1 is 1.32 bits per heavy atom. The molecule has 4 nitrogen and oxygen atoms in total. The zero-order valence-corrected chi connectivity index (χ0v) is 13.0. The first kappa shape index (κ1) is 16.7. The van der Waals surface area contributed by atoms with Gasteiger partial charge >= 0.3 is 6.18 Å². The van der Waals surface area contributed by atoms with Crippen LogP contribution in [0.3, 0.4) is 0 Å². The number of aromatic nitrogens is 3. The summed E-state index contributed by atoms with van der Waals surface area (Å²) in [5.74, 6) is 0.875. The fraction of sp³-hybridized carbons (Fsp3) is 0.429. The van der Waals surface area contributed by atoms with Crippen LogP contribution in [0, 0.1) is 5.92 Å². The lowest BCUT2D eigenvalue weighted by molar-refractivity contribution is -0.137. The smallest absolute Gasteiger partial charge is 0.254 e. The van der Waals surface area contributed by atoms with Crippen molar-refractivity contribution in [3.05, 3.63) is 42.0 Å². The quantitative estimate of drug-likeness (QED) is 0.845. The summed E-state index contributed by atoms with van der Waals surface area (Å²) in [5, 5.41) is 4.05. The lowest BCUT2D eigenvalue weighted by Gasteiger charge is -2.10. The molecule has 0 N–H and O–H groups in total. The minimum Gasteiger partial charge on any atom is -0.254 e. The van der Waals surface area contributed by atoms with Crippen molar-refractivity contribution in [3.63, 3.8) is 0 Å². The predicted octanol–water partition coefficient (Wildman–Crippen LogP) is 3.26. The summed E-state index contributed by atoms with van der Waals surface area (Å²) in [6.07, 6.45) is -3.08. The summed E-state index contributed by atoms with van der Waals surface area (Å²) in [7, 11) is -1.61. The normalized spacial score (nSPS) is 13.5. The largest absolute Gasteiger partial charge is 0.416 e. The number of rotatable bonds is 5. The Kier molecular flexibility index (Phi) is 5.00. The van der Waals surface area contributed by atoms with Gasteiger partial charge in [-0.05, 0) is 24.1 Å². The maximum atomic E-state index is 12.7. The van der Waals surface area contributed by atoms with E-state index in [0.717, 1.165) is 12.1 Å². The molecule has 1 aromatic heterocycles. The second-order valence-electron chi connectivity index (χ2n) is 5.27. The molecule has 120 valence electrons. The number of halogens is 3. The molecule has 2 aromatic rings. The van der Waals surface area contributed by atoms with E-state index in [1.165, 1.54) is 18.5 Å².